The summed E-state index contributed by atoms with van der Waals surface area (Å²) in [7, 11) is 0. The fraction of sp³-hybridized carbons (Fsp3) is 0.240. The molecule has 0 spiro atoms. The zero-order valence-corrected chi connectivity index (χ0v) is 18.6. The molecule has 0 saturated heterocycles. The highest BCUT2D eigenvalue weighted by molar-refractivity contribution is 5.83. The third kappa shape index (κ3) is 4.73. The van der Waals surface area contributed by atoms with Crippen LogP contribution in [0.15, 0.2) is 67.3 Å². The van der Waals surface area contributed by atoms with Crippen molar-refractivity contribution in [2.75, 3.05) is 0 Å². The Bertz CT molecular complexity index is 1400. The van der Waals surface area contributed by atoms with E-state index in [9.17, 15) is 10.1 Å². The molecule has 0 unspecified atom stereocenters. The molecule has 0 amide bonds. The van der Waals surface area contributed by atoms with Crippen molar-refractivity contribution in [1.82, 2.24) is 29.7 Å². The molecule has 2 N–H and O–H groups in total. The van der Waals surface area contributed by atoms with Gasteiger partial charge in [0.05, 0.1) is 16.9 Å². The smallest absolute Gasteiger partial charge is 0.269 e. The zero-order valence-electron chi connectivity index (χ0n) is 18.6. The minimum absolute atomic E-state index is 0.0849. The average molecular weight is 456 g/mol. The molecule has 0 aliphatic rings. The van der Waals surface area contributed by atoms with E-state index < -0.39 is 0 Å². The summed E-state index contributed by atoms with van der Waals surface area (Å²) in [6.07, 6.45) is 9.49. The Morgan fingerprint density at radius 3 is 2.71 bits per heavy atom. The lowest BCUT2D eigenvalue weighted by Gasteiger charge is -2.10. The number of benzene rings is 2. The summed E-state index contributed by atoms with van der Waals surface area (Å²) < 4.78 is 2.17. The third-order valence-electron chi connectivity index (χ3n) is 6.05. The number of nitrogens with zero attached hydrogens (tertiary/aromatic N) is 5. The molecular weight excluding hydrogens is 430 g/mol. The van der Waals surface area contributed by atoms with Gasteiger partial charge in [0.2, 0.25) is 0 Å². The van der Waals surface area contributed by atoms with Crippen molar-refractivity contribution in [3.05, 3.63) is 106 Å². The molecule has 3 heterocycles. The first-order valence-electron chi connectivity index (χ1n) is 11.3. The number of nitro benzene ring substituents is 1. The van der Waals surface area contributed by atoms with Crippen LogP contribution in [0.1, 0.15) is 34.9 Å². The number of hydrogen-bond acceptors (Lipinski definition) is 5. The number of aryl methyl sites for hydroxylation is 3. The second-order valence-electron chi connectivity index (χ2n) is 8.31. The summed E-state index contributed by atoms with van der Waals surface area (Å²) >= 11 is 0. The third-order valence-corrected chi connectivity index (χ3v) is 6.05. The summed E-state index contributed by atoms with van der Waals surface area (Å²) in [6, 6.07) is 15.0. The molecule has 0 saturated carbocycles. The molecule has 5 rings (SSSR count). The molecule has 0 atom stereocenters. The van der Waals surface area contributed by atoms with Gasteiger partial charge in [0.15, 0.2) is 0 Å². The van der Waals surface area contributed by atoms with Crippen molar-refractivity contribution >= 4 is 16.6 Å². The number of hydrogen-bond donors (Lipinski definition) is 2. The van der Waals surface area contributed by atoms with Gasteiger partial charge in [-0.3, -0.25) is 10.1 Å². The molecule has 0 bridgehead atoms. The van der Waals surface area contributed by atoms with Crippen LogP contribution in [0.3, 0.4) is 0 Å². The van der Waals surface area contributed by atoms with E-state index in [1.165, 1.54) is 17.0 Å². The van der Waals surface area contributed by atoms with Gasteiger partial charge in [-0.1, -0.05) is 30.3 Å². The highest BCUT2D eigenvalue weighted by Gasteiger charge is 2.15. The SMILES string of the molecule is O=[N+]([O-])c1cccc(Cc2nnc(CCc3c[nH]c4ccccc34)n2CCCc2c[nH]cn2)c1. The fourth-order valence-electron chi connectivity index (χ4n) is 4.34. The standard InChI is InChI=1S/C25H25N7O2/c33-32(34)21-7-3-5-18(13-21)14-25-30-29-24(31(25)12-4-6-20-16-26-17-28-20)11-10-19-15-27-23-9-2-1-8-22(19)23/h1-3,5,7-9,13,15-17,27H,4,6,10-12,14H2,(H,26,28). The number of nitro groups is 1. The van der Waals surface area contributed by atoms with Crippen LogP contribution in [0.2, 0.25) is 0 Å². The Morgan fingerprint density at radius 2 is 1.85 bits per heavy atom. The summed E-state index contributed by atoms with van der Waals surface area (Å²) in [6.45, 7) is 0.757. The predicted octanol–water partition coefficient (Wildman–Crippen LogP) is 4.40. The maximum absolute atomic E-state index is 11.2. The number of aromatic nitrogens is 6. The van der Waals surface area contributed by atoms with E-state index >= 15 is 0 Å². The number of fused-ring (bicyclic) bond motifs is 1. The molecule has 34 heavy (non-hydrogen) atoms. The van der Waals surface area contributed by atoms with Crippen molar-refractivity contribution in [3.8, 4) is 0 Å². The van der Waals surface area contributed by atoms with Gasteiger partial charge in [0.1, 0.15) is 11.6 Å². The lowest BCUT2D eigenvalue weighted by atomic mass is 10.1. The quantitative estimate of drug-likeness (QED) is 0.239. The number of para-hydroxylation sites is 1. The van der Waals surface area contributed by atoms with Crippen LogP contribution in [-0.2, 0) is 32.2 Å². The van der Waals surface area contributed by atoms with Crippen LogP contribution >= 0.6 is 0 Å². The van der Waals surface area contributed by atoms with E-state index in [0.29, 0.717) is 6.42 Å². The molecule has 9 nitrogen and oxygen atoms in total. The molecule has 5 aromatic rings. The van der Waals surface area contributed by atoms with Crippen LogP contribution in [0, 0.1) is 10.1 Å². The van der Waals surface area contributed by atoms with Gasteiger partial charge in [0, 0.05) is 54.8 Å². The van der Waals surface area contributed by atoms with Crippen molar-refractivity contribution < 1.29 is 4.92 Å². The fourth-order valence-corrected chi connectivity index (χ4v) is 4.34. The number of rotatable bonds is 10. The lowest BCUT2D eigenvalue weighted by molar-refractivity contribution is -0.384. The number of H-pyrrole nitrogens is 2. The summed E-state index contributed by atoms with van der Waals surface area (Å²) in [5.41, 5.74) is 4.33. The van der Waals surface area contributed by atoms with Gasteiger partial charge in [-0.25, -0.2) is 4.98 Å². The molecule has 9 heteroatoms. The van der Waals surface area contributed by atoms with Crippen molar-refractivity contribution in [3.63, 3.8) is 0 Å². The van der Waals surface area contributed by atoms with Crippen LogP contribution < -0.4 is 0 Å². The monoisotopic (exact) mass is 455 g/mol. The van der Waals surface area contributed by atoms with Crippen molar-refractivity contribution in [2.24, 2.45) is 0 Å². The molecule has 0 radical (unpaired) electrons. The number of nitrogens with one attached hydrogen (secondary N) is 2. The maximum atomic E-state index is 11.2. The topological polar surface area (TPSA) is 118 Å². The van der Waals surface area contributed by atoms with E-state index in [1.54, 1.807) is 18.5 Å². The van der Waals surface area contributed by atoms with Crippen LogP contribution in [0.5, 0.6) is 0 Å². The first kappa shape index (κ1) is 21.6. The van der Waals surface area contributed by atoms with Gasteiger partial charge in [-0.15, -0.1) is 10.2 Å². The van der Waals surface area contributed by atoms with E-state index in [4.69, 9.17) is 0 Å². The highest BCUT2D eigenvalue weighted by atomic mass is 16.6. The molecule has 0 aliphatic carbocycles. The minimum atomic E-state index is -0.370. The Morgan fingerprint density at radius 1 is 0.971 bits per heavy atom. The lowest BCUT2D eigenvalue weighted by Crippen LogP contribution is -2.10. The van der Waals surface area contributed by atoms with Crippen LogP contribution in [0.25, 0.3) is 10.9 Å². The predicted molar refractivity (Wildman–Crippen MR) is 129 cm³/mol. The van der Waals surface area contributed by atoms with Gasteiger partial charge in [-0.2, -0.15) is 0 Å². The van der Waals surface area contributed by atoms with E-state index in [2.05, 4.69) is 48.0 Å². The normalized spacial score (nSPS) is 11.3. The van der Waals surface area contributed by atoms with Gasteiger partial charge in [0.25, 0.3) is 5.69 Å². The first-order chi connectivity index (χ1) is 16.7. The second-order valence-corrected chi connectivity index (χ2v) is 8.31. The van der Waals surface area contributed by atoms with E-state index in [1.807, 2.05) is 24.4 Å². The minimum Gasteiger partial charge on any atom is -0.361 e. The average Bonchev–Trinajstić information content (AvgIpc) is 3.59. The Kier molecular flexibility index (Phi) is 6.15. The highest BCUT2D eigenvalue weighted by Crippen LogP contribution is 2.21. The van der Waals surface area contributed by atoms with Crippen molar-refractivity contribution in [2.45, 2.75) is 38.6 Å². The number of imidazole rings is 1. The van der Waals surface area contributed by atoms with E-state index in [0.717, 1.165) is 60.7 Å². The summed E-state index contributed by atoms with van der Waals surface area (Å²) in [4.78, 5) is 21.4. The number of non-ortho nitro benzene ring substituents is 1. The Labute approximate surface area is 196 Å². The molecule has 0 aliphatic heterocycles. The summed E-state index contributed by atoms with van der Waals surface area (Å²) in [5.74, 6) is 1.74. The van der Waals surface area contributed by atoms with Gasteiger partial charge < -0.3 is 14.5 Å². The number of aromatic amines is 2. The molecule has 172 valence electrons. The van der Waals surface area contributed by atoms with Crippen LogP contribution in [-0.4, -0.2) is 34.6 Å². The van der Waals surface area contributed by atoms with Crippen molar-refractivity contribution in [1.29, 1.82) is 0 Å². The molecule has 0 fully saturated rings. The zero-order chi connectivity index (χ0) is 23.3. The summed E-state index contributed by atoms with van der Waals surface area (Å²) in [5, 5.41) is 21.4. The van der Waals surface area contributed by atoms with Crippen LogP contribution in [0.4, 0.5) is 5.69 Å². The van der Waals surface area contributed by atoms with Gasteiger partial charge >= 0.3 is 0 Å². The first-order valence-corrected chi connectivity index (χ1v) is 11.3. The van der Waals surface area contributed by atoms with E-state index in [-0.39, 0.29) is 10.6 Å². The largest absolute Gasteiger partial charge is 0.361 e. The molecule has 3 aromatic heterocycles. The molecular formula is C25H25N7O2. The Hall–Kier alpha value is -4.27. The van der Waals surface area contributed by atoms with Gasteiger partial charge in [-0.05, 0) is 36.5 Å². The second kappa shape index (κ2) is 9.70. The maximum Gasteiger partial charge on any atom is 0.269 e. The molecule has 2 aromatic carbocycles. The Balaban J connectivity index is 1.36.